The van der Waals surface area contributed by atoms with E-state index in [0.717, 1.165) is 32.7 Å². The molecule has 0 amide bonds. The summed E-state index contributed by atoms with van der Waals surface area (Å²) >= 11 is 3.57. The fourth-order valence-corrected chi connectivity index (χ4v) is 4.26. The van der Waals surface area contributed by atoms with Crippen molar-refractivity contribution in [1.82, 2.24) is 9.97 Å². The van der Waals surface area contributed by atoms with Gasteiger partial charge in [0.15, 0.2) is 0 Å². The minimum absolute atomic E-state index is 1.00. The number of anilines is 3. The number of nitrogens with zero attached hydrogens (tertiary/aromatic N) is 3. The molecule has 0 fully saturated rings. The quantitative estimate of drug-likeness (QED) is 0.247. The lowest BCUT2D eigenvalue weighted by Crippen LogP contribution is -2.09. The molecule has 0 aliphatic heterocycles. The van der Waals surface area contributed by atoms with Crippen LogP contribution in [0.1, 0.15) is 5.56 Å². The van der Waals surface area contributed by atoms with Crippen LogP contribution < -0.4 is 4.90 Å². The predicted molar refractivity (Wildman–Crippen MR) is 140 cm³/mol. The average molecular weight is 492 g/mol. The molecule has 0 bridgehead atoms. The van der Waals surface area contributed by atoms with Gasteiger partial charge in [-0.3, -0.25) is 0 Å². The van der Waals surface area contributed by atoms with E-state index in [1.807, 2.05) is 18.5 Å². The minimum Gasteiger partial charge on any atom is -0.311 e. The van der Waals surface area contributed by atoms with E-state index in [1.165, 1.54) is 16.7 Å². The number of aryl methyl sites for hydroxylation is 1. The largest absolute Gasteiger partial charge is 0.311 e. The highest BCUT2D eigenvalue weighted by atomic mass is 79.9. The summed E-state index contributed by atoms with van der Waals surface area (Å²) in [7, 11) is 0. The number of aromatic nitrogens is 2. The second-order valence-electron chi connectivity index (χ2n) is 7.90. The standard InChI is InChI=1S/C29H22BrN3/c1-21-5-11-27(12-6-21)33(29-15-9-23(10-16-29)25-18-31-20-32-19-25)28-13-7-22(8-14-28)24-3-2-4-26(30)17-24/h2-20H,1H3. The van der Waals surface area contributed by atoms with E-state index in [4.69, 9.17) is 0 Å². The van der Waals surface area contributed by atoms with Crippen molar-refractivity contribution < 1.29 is 0 Å². The van der Waals surface area contributed by atoms with Crippen LogP contribution in [0.5, 0.6) is 0 Å². The number of benzene rings is 4. The number of hydrogen-bond donors (Lipinski definition) is 0. The first kappa shape index (κ1) is 21.1. The fourth-order valence-electron chi connectivity index (χ4n) is 3.86. The molecule has 0 aliphatic carbocycles. The second-order valence-corrected chi connectivity index (χ2v) is 8.82. The molecule has 1 heterocycles. The van der Waals surface area contributed by atoms with Gasteiger partial charge in [0.2, 0.25) is 0 Å². The third kappa shape index (κ3) is 4.71. The van der Waals surface area contributed by atoms with Crippen molar-refractivity contribution in [3.63, 3.8) is 0 Å². The molecule has 0 saturated heterocycles. The van der Waals surface area contributed by atoms with Crippen LogP contribution in [0.3, 0.4) is 0 Å². The molecular formula is C29H22BrN3. The van der Waals surface area contributed by atoms with E-state index in [9.17, 15) is 0 Å². The topological polar surface area (TPSA) is 29.0 Å². The van der Waals surface area contributed by atoms with Crippen molar-refractivity contribution in [3.05, 3.63) is 126 Å². The average Bonchev–Trinajstić information content (AvgIpc) is 2.87. The first-order valence-corrected chi connectivity index (χ1v) is 11.5. The highest BCUT2D eigenvalue weighted by Crippen LogP contribution is 2.36. The van der Waals surface area contributed by atoms with Crippen molar-refractivity contribution >= 4 is 33.0 Å². The van der Waals surface area contributed by atoms with Gasteiger partial charge in [-0.15, -0.1) is 0 Å². The summed E-state index contributed by atoms with van der Waals surface area (Å²) in [6, 6.07) is 34.2. The Kier molecular flexibility index (Phi) is 6.01. The summed E-state index contributed by atoms with van der Waals surface area (Å²) in [5, 5.41) is 0. The Morgan fingerprint density at radius 1 is 0.576 bits per heavy atom. The van der Waals surface area contributed by atoms with E-state index in [-0.39, 0.29) is 0 Å². The molecular weight excluding hydrogens is 470 g/mol. The molecule has 5 rings (SSSR count). The number of halogens is 1. The monoisotopic (exact) mass is 491 g/mol. The summed E-state index contributed by atoms with van der Waals surface area (Å²) in [5.74, 6) is 0. The van der Waals surface area contributed by atoms with Gasteiger partial charge in [0.1, 0.15) is 6.33 Å². The Hall–Kier alpha value is -3.76. The second kappa shape index (κ2) is 9.39. The van der Waals surface area contributed by atoms with Crippen molar-refractivity contribution in [1.29, 1.82) is 0 Å². The molecule has 0 atom stereocenters. The van der Waals surface area contributed by atoms with E-state index >= 15 is 0 Å². The molecule has 0 radical (unpaired) electrons. The van der Waals surface area contributed by atoms with Gasteiger partial charge in [-0.25, -0.2) is 9.97 Å². The maximum absolute atomic E-state index is 4.14. The molecule has 0 aliphatic rings. The highest BCUT2D eigenvalue weighted by molar-refractivity contribution is 9.10. The van der Waals surface area contributed by atoms with Gasteiger partial charge in [0.25, 0.3) is 0 Å². The van der Waals surface area contributed by atoms with Crippen LogP contribution in [0, 0.1) is 6.92 Å². The molecule has 160 valence electrons. The van der Waals surface area contributed by atoms with Crippen LogP contribution in [0.15, 0.2) is 120 Å². The molecule has 3 nitrogen and oxygen atoms in total. The summed E-state index contributed by atoms with van der Waals surface area (Å²) in [5.41, 5.74) is 9.02. The van der Waals surface area contributed by atoms with Gasteiger partial charge in [-0.2, -0.15) is 0 Å². The lowest BCUT2D eigenvalue weighted by Gasteiger charge is -2.26. The number of rotatable bonds is 5. The summed E-state index contributed by atoms with van der Waals surface area (Å²) in [6.07, 6.45) is 5.22. The Morgan fingerprint density at radius 2 is 1.09 bits per heavy atom. The van der Waals surface area contributed by atoms with Crippen LogP contribution in [0.2, 0.25) is 0 Å². The molecule has 0 N–H and O–H groups in total. The van der Waals surface area contributed by atoms with Crippen molar-refractivity contribution in [2.24, 2.45) is 0 Å². The lowest BCUT2D eigenvalue weighted by atomic mass is 10.0. The van der Waals surface area contributed by atoms with Gasteiger partial charge in [0.05, 0.1) is 0 Å². The van der Waals surface area contributed by atoms with Crippen molar-refractivity contribution in [2.45, 2.75) is 6.92 Å². The van der Waals surface area contributed by atoms with Gasteiger partial charge >= 0.3 is 0 Å². The van der Waals surface area contributed by atoms with Crippen molar-refractivity contribution in [3.8, 4) is 22.3 Å². The Morgan fingerprint density at radius 3 is 1.64 bits per heavy atom. The zero-order valence-corrected chi connectivity index (χ0v) is 19.8. The fraction of sp³-hybridized carbons (Fsp3) is 0.0345. The maximum atomic E-state index is 4.14. The molecule has 0 saturated carbocycles. The van der Waals surface area contributed by atoms with Gasteiger partial charge in [0, 0.05) is 39.5 Å². The molecule has 0 unspecified atom stereocenters. The normalized spacial score (nSPS) is 10.7. The first-order chi connectivity index (χ1) is 16.2. The third-order valence-electron chi connectivity index (χ3n) is 5.60. The Balaban J connectivity index is 1.53. The number of hydrogen-bond acceptors (Lipinski definition) is 3. The molecule has 33 heavy (non-hydrogen) atoms. The zero-order valence-electron chi connectivity index (χ0n) is 18.2. The summed E-state index contributed by atoms with van der Waals surface area (Å²) in [4.78, 5) is 10.5. The molecule has 4 aromatic carbocycles. The van der Waals surface area contributed by atoms with Gasteiger partial charge in [-0.1, -0.05) is 70.0 Å². The lowest BCUT2D eigenvalue weighted by molar-refractivity contribution is 1.17. The van der Waals surface area contributed by atoms with E-state index in [1.54, 1.807) is 6.33 Å². The zero-order chi connectivity index (χ0) is 22.6. The van der Waals surface area contributed by atoms with Crippen LogP contribution in [0.25, 0.3) is 22.3 Å². The summed E-state index contributed by atoms with van der Waals surface area (Å²) in [6.45, 7) is 2.11. The highest BCUT2D eigenvalue weighted by Gasteiger charge is 2.13. The van der Waals surface area contributed by atoms with E-state index in [0.29, 0.717) is 0 Å². The van der Waals surface area contributed by atoms with Gasteiger partial charge in [-0.05, 0) is 72.1 Å². The summed E-state index contributed by atoms with van der Waals surface area (Å²) < 4.78 is 1.08. The smallest absolute Gasteiger partial charge is 0.115 e. The van der Waals surface area contributed by atoms with E-state index < -0.39 is 0 Å². The van der Waals surface area contributed by atoms with Crippen LogP contribution in [-0.4, -0.2) is 9.97 Å². The minimum atomic E-state index is 1.00. The van der Waals surface area contributed by atoms with E-state index in [2.05, 4.69) is 129 Å². The molecule has 4 heteroatoms. The van der Waals surface area contributed by atoms with Crippen LogP contribution >= 0.6 is 15.9 Å². The molecule has 0 spiro atoms. The molecule has 1 aromatic heterocycles. The first-order valence-electron chi connectivity index (χ1n) is 10.8. The van der Waals surface area contributed by atoms with Crippen LogP contribution in [0.4, 0.5) is 17.1 Å². The third-order valence-corrected chi connectivity index (χ3v) is 6.09. The van der Waals surface area contributed by atoms with Crippen molar-refractivity contribution in [2.75, 3.05) is 4.90 Å². The Labute approximate surface area is 202 Å². The predicted octanol–water partition coefficient (Wildman–Crippen LogP) is 8.35. The SMILES string of the molecule is Cc1ccc(N(c2ccc(-c3cncnc3)cc2)c2ccc(-c3cccc(Br)c3)cc2)cc1. The Bertz CT molecular complexity index is 1350. The molecule has 5 aromatic rings. The van der Waals surface area contributed by atoms with Crippen LogP contribution in [-0.2, 0) is 0 Å². The maximum Gasteiger partial charge on any atom is 0.115 e. The van der Waals surface area contributed by atoms with Gasteiger partial charge < -0.3 is 4.90 Å².